The Morgan fingerprint density at radius 1 is 1.04 bits per heavy atom. The number of esters is 2. The van der Waals surface area contributed by atoms with Crippen LogP contribution in [0.4, 0.5) is 0 Å². The number of carboxylic acid groups (broad SMARTS) is 2. The minimum atomic E-state index is -1.13. The second kappa shape index (κ2) is 8.75. The Bertz CT molecular complexity index is 857. The Kier molecular flexibility index (Phi) is 6.43. The molecule has 140 valence electrons. The van der Waals surface area contributed by atoms with E-state index in [0.29, 0.717) is 12.0 Å². The first-order chi connectivity index (χ1) is 12.8. The summed E-state index contributed by atoms with van der Waals surface area (Å²) in [7, 11) is 0. The van der Waals surface area contributed by atoms with Crippen molar-refractivity contribution in [1.82, 2.24) is 0 Å². The molecule has 0 aromatic heterocycles. The molecule has 1 aliphatic carbocycles. The lowest BCUT2D eigenvalue weighted by Crippen LogP contribution is -2.23. The van der Waals surface area contributed by atoms with Crippen LogP contribution in [-0.2, 0) is 14.3 Å². The van der Waals surface area contributed by atoms with Gasteiger partial charge in [-0.15, -0.1) is 0 Å². The topological polar surface area (TPSA) is 118 Å². The molecule has 0 amide bonds. The molecule has 0 heterocycles. The van der Waals surface area contributed by atoms with Crippen LogP contribution in [0.1, 0.15) is 40.5 Å². The number of allylic oxidation sites excluding steroid dienone is 2. The van der Waals surface area contributed by atoms with Crippen LogP contribution >= 0.6 is 0 Å². The van der Waals surface area contributed by atoms with E-state index in [2.05, 4.69) is 0 Å². The molecular formula is C20H18O7. The Morgan fingerprint density at radius 2 is 1.67 bits per heavy atom. The molecule has 7 nitrogen and oxygen atoms in total. The average Bonchev–Trinajstić information content (AvgIpc) is 2.65. The Morgan fingerprint density at radius 3 is 2.22 bits per heavy atom. The zero-order valence-corrected chi connectivity index (χ0v) is 14.5. The third kappa shape index (κ3) is 5.01. The number of hydrogen-bond donors (Lipinski definition) is 2. The van der Waals surface area contributed by atoms with Crippen LogP contribution in [0, 0.1) is 5.92 Å². The van der Waals surface area contributed by atoms with Gasteiger partial charge in [0.1, 0.15) is 5.92 Å². The number of carbonyl (C=O) groups excluding carboxylic acids is 2. The van der Waals surface area contributed by atoms with Crippen LogP contribution in [0.3, 0.4) is 0 Å². The molecule has 0 aliphatic heterocycles. The molecule has 1 aromatic carbocycles. The van der Waals surface area contributed by atoms with Crippen LogP contribution < -0.4 is 0 Å². The van der Waals surface area contributed by atoms with Crippen molar-refractivity contribution in [3.05, 3.63) is 70.8 Å². The number of unbranched alkanes of at least 4 members (excludes halogenated alkanes) is 1. The fourth-order valence-corrected chi connectivity index (χ4v) is 2.44. The monoisotopic (exact) mass is 370 g/mol. The summed E-state index contributed by atoms with van der Waals surface area (Å²) in [6, 6.07) is 4.98. The van der Waals surface area contributed by atoms with Gasteiger partial charge in [0.25, 0.3) is 0 Å². The summed E-state index contributed by atoms with van der Waals surface area (Å²) in [5, 5.41) is 18.0. The van der Waals surface area contributed by atoms with Gasteiger partial charge in [0.05, 0.1) is 16.7 Å². The van der Waals surface area contributed by atoms with Crippen molar-refractivity contribution < 1.29 is 34.1 Å². The Balaban J connectivity index is 2.15. The van der Waals surface area contributed by atoms with E-state index in [4.69, 9.17) is 14.9 Å². The van der Waals surface area contributed by atoms with Gasteiger partial charge in [0, 0.05) is 0 Å². The highest BCUT2D eigenvalue weighted by Gasteiger charge is 2.27. The molecule has 1 aliphatic rings. The molecule has 0 fully saturated rings. The zero-order chi connectivity index (χ0) is 20.0. The lowest BCUT2D eigenvalue weighted by Gasteiger charge is -2.17. The standard InChI is InChI=1S/C20H18O7/c1-2-3-4-14-11-15(18(23)24)9-10-16(14)20(26)27-19(25)13-7-5-12(6-8-13)17(21)22/h4-11,16H,2-3H2,1H3,(H,21,22)(H,23,24). The normalized spacial score (nSPS) is 17.3. The minimum absolute atomic E-state index is 0.00390. The number of aliphatic carboxylic acids is 1. The summed E-state index contributed by atoms with van der Waals surface area (Å²) in [6.07, 6.45) is 7.25. The maximum absolute atomic E-state index is 12.4. The van der Waals surface area contributed by atoms with Crippen molar-refractivity contribution >= 4 is 23.9 Å². The molecule has 0 saturated heterocycles. The van der Waals surface area contributed by atoms with Gasteiger partial charge in [0.2, 0.25) is 0 Å². The fourth-order valence-electron chi connectivity index (χ4n) is 2.44. The predicted molar refractivity (Wildman–Crippen MR) is 95.2 cm³/mol. The van der Waals surface area contributed by atoms with E-state index in [1.165, 1.54) is 42.5 Å². The number of rotatable bonds is 6. The highest BCUT2D eigenvalue weighted by atomic mass is 16.6. The summed E-state index contributed by atoms with van der Waals surface area (Å²) in [6.45, 7) is 1.94. The van der Waals surface area contributed by atoms with Gasteiger partial charge in [-0.3, -0.25) is 4.79 Å². The number of carboxylic acids is 2. The van der Waals surface area contributed by atoms with E-state index >= 15 is 0 Å². The summed E-state index contributed by atoms with van der Waals surface area (Å²) in [4.78, 5) is 46.5. The predicted octanol–water partition coefficient (Wildman–Crippen LogP) is 2.99. The molecule has 0 radical (unpaired) electrons. The molecule has 0 bridgehead atoms. The van der Waals surface area contributed by atoms with Crippen molar-refractivity contribution in [3.8, 4) is 0 Å². The highest BCUT2D eigenvalue weighted by Crippen LogP contribution is 2.25. The molecule has 7 heteroatoms. The van der Waals surface area contributed by atoms with Gasteiger partial charge in [-0.05, 0) is 42.3 Å². The van der Waals surface area contributed by atoms with Gasteiger partial charge in [-0.2, -0.15) is 0 Å². The largest absolute Gasteiger partial charge is 0.478 e. The van der Waals surface area contributed by atoms with Crippen LogP contribution in [-0.4, -0.2) is 34.1 Å². The Hall–Kier alpha value is -3.48. The summed E-state index contributed by atoms with van der Waals surface area (Å²) in [5.74, 6) is -4.88. The third-order valence-corrected chi connectivity index (χ3v) is 3.88. The van der Waals surface area contributed by atoms with Crippen molar-refractivity contribution in [2.75, 3.05) is 0 Å². The van der Waals surface area contributed by atoms with E-state index in [9.17, 15) is 19.2 Å². The summed E-state index contributed by atoms with van der Waals surface area (Å²) < 4.78 is 4.89. The molecule has 2 rings (SSSR count). The Labute approximate surface area is 155 Å². The maximum Gasteiger partial charge on any atom is 0.345 e. The molecule has 27 heavy (non-hydrogen) atoms. The number of carbonyl (C=O) groups is 4. The minimum Gasteiger partial charge on any atom is -0.478 e. The third-order valence-electron chi connectivity index (χ3n) is 3.88. The first-order valence-corrected chi connectivity index (χ1v) is 8.26. The van der Waals surface area contributed by atoms with Crippen molar-refractivity contribution in [1.29, 1.82) is 0 Å². The smallest absolute Gasteiger partial charge is 0.345 e. The fraction of sp³-hybridized carbons (Fsp3) is 0.200. The molecule has 2 N–H and O–H groups in total. The van der Waals surface area contributed by atoms with Crippen molar-refractivity contribution in [2.24, 2.45) is 5.92 Å². The molecule has 0 saturated carbocycles. The van der Waals surface area contributed by atoms with E-state index in [1.807, 2.05) is 6.92 Å². The van der Waals surface area contributed by atoms with Gasteiger partial charge >= 0.3 is 23.9 Å². The summed E-state index contributed by atoms with van der Waals surface area (Å²) in [5.41, 5.74) is 0.533. The number of aromatic carboxylic acids is 1. The zero-order valence-electron chi connectivity index (χ0n) is 14.5. The van der Waals surface area contributed by atoms with Gasteiger partial charge in [0.15, 0.2) is 0 Å². The highest BCUT2D eigenvalue weighted by molar-refractivity contribution is 6.00. The molecule has 1 atom stereocenters. The SMILES string of the molecule is CCCC=C1C=C(C(=O)O)C=CC1C(=O)OC(=O)c1ccc(C(=O)O)cc1. The quantitative estimate of drug-likeness (QED) is 0.584. The van der Waals surface area contributed by atoms with E-state index in [1.54, 1.807) is 6.08 Å². The number of hydrogen-bond acceptors (Lipinski definition) is 5. The van der Waals surface area contributed by atoms with E-state index in [-0.39, 0.29) is 16.7 Å². The molecule has 1 unspecified atom stereocenters. The van der Waals surface area contributed by atoms with Gasteiger partial charge in [-0.1, -0.05) is 31.6 Å². The molecular weight excluding hydrogens is 352 g/mol. The first-order valence-electron chi connectivity index (χ1n) is 8.26. The van der Waals surface area contributed by atoms with Crippen molar-refractivity contribution in [2.45, 2.75) is 19.8 Å². The van der Waals surface area contributed by atoms with E-state index < -0.39 is 29.8 Å². The van der Waals surface area contributed by atoms with Crippen LogP contribution in [0.2, 0.25) is 0 Å². The molecule has 0 spiro atoms. The van der Waals surface area contributed by atoms with Gasteiger partial charge < -0.3 is 14.9 Å². The second-order valence-electron chi connectivity index (χ2n) is 5.83. The number of benzene rings is 1. The van der Waals surface area contributed by atoms with Gasteiger partial charge in [-0.25, -0.2) is 14.4 Å². The molecule has 1 aromatic rings. The lowest BCUT2D eigenvalue weighted by molar-refractivity contribution is -0.140. The first kappa shape index (κ1) is 19.8. The lowest BCUT2D eigenvalue weighted by atomic mass is 9.90. The summed E-state index contributed by atoms with van der Waals surface area (Å²) >= 11 is 0. The van der Waals surface area contributed by atoms with Crippen LogP contribution in [0.25, 0.3) is 0 Å². The second-order valence-corrected chi connectivity index (χ2v) is 5.83. The van der Waals surface area contributed by atoms with E-state index in [0.717, 1.165) is 6.42 Å². The van der Waals surface area contributed by atoms with Crippen molar-refractivity contribution in [3.63, 3.8) is 0 Å². The maximum atomic E-state index is 12.4. The van der Waals surface area contributed by atoms with Crippen LogP contribution in [0.5, 0.6) is 0 Å². The average molecular weight is 370 g/mol. The van der Waals surface area contributed by atoms with Crippen LogP contribution in [0.15, 0.2) is 59.7 Å². The number of ether oxygens (including phenoxy) is 1.